The van der Waals surface area contributed by atoms with Gasteiger partial charge in [0, 0.05) is 34.1 Å². The van der Waals surface area contributed by atoms with E-state index in [4.69, 9.17) is 34.8 Å². The number of hydrogen-bond acceptors (Lipinski definition) is 4. The van der Waals surface area contributed by atoms with Crippen LogP contribution in [0, 0.1) is 6.92 Å². The second-order valence-corrected chi connectivity index (χ2v) is 14.0. The third kappa shape index (κ3) is 8.79. The van der Waals surface area contributed by atoms with Gasteiger partial charge in [0.1, 0.15) is 12.6 Å². The number of halogens is 3. The maximum Gasteiger partial charge on any atom is 0.264 e. The molecule has 1 unspecified atom stereocenters. The van der Waals surface area contributed by atoms with E-state index in [0.717, 1.165) is 9.87 Å². The van der Waals surface area contributed by atoms with Crippen molar-refractivity contribution >= 4 is 62.3 Å². The number of anilines is 1. The molecule has 0 heterocycles. The minimum absolute atomic E-state index is 0.0337. The second-order valence-electron chi connectivity index (χ2n) is 10.9. The number of sulfonamides is 1. The summed E-state index contributed by atoms with van der Waals surface area (Å²) in [6.45, 7) is 4.78. The van der Waals surface area contributed by atoms with Crippen molar-refractivity contribution in [2.75, 3.05) is 10.8 Å². The van der Waals surface area contributed by atoms with Crippen molar-refractivity contribution in [1.82, 2.24) is 10.2 Å². The van der Waals surface area contributed by atoms with Gasteiger partial charge in [-0.05, 0) is 79.9 Å². The van der Waals surface area contributed by atoms with Gasteiger partial charge in [-0.25, -0.2) is 8.42 Å². The van der Waals surface area contributed by atoms with Crippen molar-refractivity contribution in [1.29, 1.82) is 0 Å². The molecule has 4 rings (SSSR count). The first-order valence-electron chi connectivity index (χ1n) is 14.3. The Bertz CT molecular complexity index is 1750. The minimum atomic E-state index is -4.25. The van der Waals surface area contributed by atoms with E-state index in [2.05, 4.69) is 5.32 Å². The van der Waals surface area contributed by atoms with E-state index in [0.29, 0.717) is 31.9 Å². The van der Waals surface area contributed by atoms with Gasteiger partial charge in [-0.15, -0.1) is 0 Å². The highest BCUT2D eigenvalue weighted by Gasteiger charge is 2.35. The molecule has 0 aliphatic heterocycles. The normalized spacial score (nSPS) is 12.1. The number of carbonyl (C=O) groups excluding carboxylic acids is 2. The molecule has 45 heavy (non-hydrogen) atoms. The lowest BCUT2D eigenvalue weighted by molar-refractivity contribution is -0.140. The summed E-state index contributed by atoms with van der Waals surface area (Å²) in [6.07, 6.45) is 0.185. The molecule has 2 amide bonds. The first kappa shape index (κ1) is 34.3. The van der Waals surface area contributed by atoms with Crippen LogP contribution in [0.5, 0.6) is 0 Å². The highest BCUT2D eigenvalue weighted by Crippen LogP contribution is 2.29. The van der Waals surface area contributed by atoms with Crippen LogP contribution in [-0.4, -0.2) is 43.8 Å². The summed E-state index contributed by atoms with van der Waals surface area (Å²) in [5.41, 5.74) is 2.35. The molecule has 0 bridgehead atoms. The van der Waals surface area contributed by atoms with Crippen LogP contribution in [0.4, 0.5) is 5.69 Å². The minimum Gasteiger partial charge on any atom is -0.352 e. The van der Waals surface area contributed by atoms with Crippen LogP contribution < -0.4 is 9.62 Å². The molecule has 236 valence electrons. The van der Waals surface area contributed by atoms with E-state index in [9.17, 15) is 18.0 Å². The lowest BCUT2D eigenvalue weighted by atomic mass is 10.0. The van der Waals surface area contributed by atoms with E-state index in [1.807, 2.05) is 44.2 Å². The zero-order valence-electron chi connectivity index (χ0n) is 25.1. The fourth-order valence-corrected chi connectivity index (χ4v) is 6.93. The van der Waals surface area contributed by atoms with Crippen molar-refractivity contribution in [3.63, 3.8) is 0 Å². The maximum atomic E-state index is 14.5. The third-order valence-corrected chi connectivity index (χ3v) is 9.74. The fraction of sp³-hybridized carbons (Fsp3) is 0.235. The number of benzene rings is 4. The van der Waals surface area contributed by atoms with Crippen LogP contribution in [0.1, 0.15) is 30.5 Å². The van der Waals surface area contributed by atoms with Crippen LogP contribution in [0.15, 0.2) is 102 Å². The second kappa shape index (κ2) is 15.1. The molecular formula is C34H34Cl3N3O4S. The van der Waals surface area contributed by atoms with E-state index < -0.39 is 28.5 Å². The van der Waals surface area contributed by atoms with Gasteiger partial charge in [0.2, 0.25) is 11.8 Å². The molecule has 0 aliphatic carbocycles. The average molecular weight is 687 g/mol. The number of para-hydroxylation sites is 1. The zero-order valence-corrected chi connectivity index (χ0v) is 28.2. The topological polar surface area (TPSA) is 86.8 Å². The van der Waals surface area contributed by atoms with Crippen LogP contribution in [0.2, 0.25) is 15.1 Å². The number of nitrogens with one attached hydrogen (secondary N) is 1. The van der Waals surface area contributed by atoms with Crippen LogP contribution in [0.3, 0.4) is 0 Å². The smallest absolute Gasteiger partial charge is 0.264 e. The standard InChI is InChI=1S/C34H34Cl3N3O4S/c1-23(2)38-34(42)32(19-25-10-5-4-6-11-25)39(21-26-13-14-28(36)20-30(26)37)33(41)22-40(31-12-8-7-9-24(31)3)45(43,44)29-17-15-27(35)16-18-29/h4-18,20,23,32H,19,21-22H2,1-3H3,(H,38,42). The molecular weight excluding hydrogens is 653 g/mol. The summed E-state index contributed by atoms with van der Waals surface area (Å²) >= 11 is 18.8. The predicted octanol–water partition coefficient (Wildman–Crippen LogP) is 7.32. The van der Waals surface area contributed by atoms with E-state index >= 15 is 0 Å². The molecule has 11 heteroatoms. The monoisotopic (exact) mass is 685 g/mol. The van der Waals surface area contributed by atoms with Crippen LogP contribution in [0.25, 0.3) is 0 Å². The van der Waals surface area contributed by atoms with Crippen molar-refractivity contribution < 1.29 is 18.0 Å². The molecule has 1 atom stereocenters. The molecule has 0 radical (unpaired) electrons. The van der Waals surface area contributed by atoms with Gasteiger partial charge in [-0.3, -0.25) is 13.9 Å². The first-order valence-corrected chi connectivity index (χ1v) is 16.9. The van der Waals surface area contributed by atoms with E-state index in [-0.39, 0.29) is 29.8 Å². The lowest BCUT2D eigenvalue weighted by Gasteiger charge is -2.34. The van der Waals surface area contributed by atoms with Gasteiger partial charge in [-0.2, -0.15) is 0 Å². The quantitative estimate of drug-likeness (QED) is 0.169. The first-order chi connectivity index (χ1) is 21.4. The lowest BCUT2D eigenvalue weighted by Crippen LogP contribution is -2.54. The van der Waals surface area contributed by atoms with E-state index in [1.54, 1.807) is 49.4 Å². The van der Waals surface area contributed by atoms with Crippen molar-refractivity contribution in [3.05, 3.63) is 129 Å². The molecule has 0 aliphatic rings. The summed E-state index contributed by atoms with van der Waals surface area (Å²) in [5, 5.41) is 4.03. The largest absolute Gasteiger partial charge is 0.352 e. The van der Waals surface area contributed by atoms with Crippen LogP contribution in [-0.2, 0) is 32.6 Å². The summed E-state index contributed by atoms with van der Waals surface area (Å²) in [7, 11) is -4.25. The van der Waals surface area contributed by atoms with Crippen molar-refractivity contribution in [3.8, 4) is 0 Å². The van der Waals surface area contributed by atoms with Gasteiger partial charge in [0.25, 0.3) is 10.0 Å². The third-order valence-electron chi connectivity index (χ3n) is 7.12. The Labute approximate surface area is 279 Å². The number of carbonyl (C=O) groups is 2. The zero-order chi connectivity index (χ0) is 32.7. The molecule has 7 nitrogen and oxygen atoms in total. The number of nitrogens with zero attached hydrogens (tertiary/aromatic N) is 2. The van der Waals surface area contributed by atoms with Gasteiger partial charge < -0.3 is 10.2 Å². The Hall–Kier alpha value is -3.56. The molecule has 0 spiro atoms. The highest BCUT2D eigenvalue weighted by molar-refractivity contribution is 7.92. The molecule has 4 aromatic rings. The Morgan fingerprint density at radius 1 is 0.822 bits per heavy atom. The molecule has 0 saturated carbocycles. The summed E-state index contributed by atoms with van der Waals surface area (Å²) in [4.78, 5) is 29.7. The van der Waals surface area contributed by atoms with Gasteiger partial charge in [-0.1, -0.05) is 89.4 Å². The van der Waals surface area contributed by atoms with Crippen molar-refractivity contribution in [2.45, 2.75) is 50.7 Å². The highest BCUT2D eigenvalue weighted by atomic mass is 35.5. The molecule has 1 N–H and O–H groups in total. The van der Waals surface area contributed by atoms with Gasteiger partial charge in [0.05, 0.1) is 10.6 Å². The summed E-state index contributed by atoms with van der Waals surface area (Å²) in [6, 6.07) is 25.7. The Morgan fingerprint density at radius 2 is 1.44 bits per heavy atom. The Kier molecular flexibility index (Phi) is 11.6. The molecule has 4 aromatic carbocycles. The van der Waals surface area contributed by atoms with Gasteiger partial charge in [0.15, 0.2) is 0 Å². The summed E-state index contributed by atoms with van der Waals surface area (Å²) in [5.74, 6) is -0.975. The number of amides is 2. The summed E-state index contributed by atoms with van der Waals surface area (Å²) < 4.78 is 29.4. The predicted molar refractivity (Wildman–Crippen MR) is 181 cm³/mol. The van der Waals surface area contributed by atoms with Gasteiger partial charge >= 0.3 is 0 Å². The van der Waals surface area contributed by atoms with Crippen molar-refractivity contribution in [2.24, 2.45) is 0 Å². The molecule has 0 saturated heterocycles. The fourth-order valence-electron chi connectivity index (χ4n) is 4.86. The maximum absolute atomic E-state index is 14.5. The Morgan fingerprint density at radius 3 is 2.07 bits per heavy atom. The number of rotatable bonds is 12. The van der Waals surface area contributed by atoms with Crippen LogP contribution >= 0.6 is 34.8 Å². The SMILES string of the molecule is Cc1ccccc1N(CC(=O)N(Cc1ccc(Cl)cc1Cl)C(Cc1ccccc1)C(=O)NC(C)C)S(=O)(=O)c1ccc(Cl)cc1. The van der Waals surface area contributed by atoms with E-state index in [1.165, 1.54) is 29.2 Å². The number of hydrogen-bond donors (Lipinski definition) is 1. The number of aryl methyl sites for hydroxylation is 1. The molecule has 0 aromatic heterocycles. The Balaban J connectivity index is 1.83. The molecule has 0 fully saturated rings. The average Bonchev–Trinajstić information content (AvgIpc) is 2.99.